The van der Waals surface area contributed by atoms with Gasteiger partial charge in [0, 0.05) is 18.5 Å². The second-order valence-electron chi connectivity index (χ2n) is 7.27. The average molecular weight is 342 g/mol. The van der Waals surface area contributed by atoms with Crippen molar-refractivity contribution in [1.29, 1.82) is 0 Å². The molecule has 1 unspecified atom stereocenters. The minimum Gasteiger partial charge on any atom is -0.337 e. The van der Waals surface area contributed by atoms with Crippen molar-refractivity contribution in [2.75, 3.05) is 0 Å². The molecule has 2 aliphatic rings. The molecule has 0 spiro atoms. The van der Waals surface area contributed by atoms with Gasteiger partial charge in [0.1, 0.15) is 18.5 Å². The van der Waals surface area contributed by atoms with E-state index < -0.39 is 0 Å². The molecule has 2 aliphatic heterocycles. The Hall–Kier alpha value is -2.24. The standard InChI is InChI=1S/C19H23FN4O/c1-13-8-14(2-5-18(13)20)15-9-16-3-4-17(10-15)24(16)19(25)6-7-23-12-21-11-22-23/h2,5,8,11-12,15-17H,3-4,6-7,9-10H2,1H3/t15?,16-,17+. The zero-order chi connectivity index (χ0) is 17.4. The minimum absolute atomic E-state index is 0.146. The van der Waals surface area contributed by atoms with Crippen molar-refractivity contribution in [3.63, 3.8) is 0 Å². The maximum atomic E-state index is 13.5. The number of aryl methyl sites for hydroxylation is 2. The van der Waals surface area contributed by atoms with E-state index in [4.69, 9.17) is 0 Å². The molecule has 2 saturated heterocycles. The number of benzene rings is 1. The van der Waals surface area contributed by atoms with E-state index in [0.717, 1.165) is 25.7 Å². The number of fused-ring (bicyclic) bond motifs is 2. The first-order valence-corrected chi connectivity index (χ1v) is 9.01. The fourth-order valence-corrected chi connectivity index (χ4v) is 4.47. The normalized spacial score (nSPS) is 25.4. The quantitative estimate of drug-likeness (QED) is 0.858. The van der Waals surface area contributed by atoms with Gasteiger partial charge in [0.05, 0.1) is 6.54 Å². The fourth-order valence-electron chi connectivity index (χ4n) is 4.47. The van der Waals surface area contributed by atoms with E-state index >= 15 is 0 Å². The third-order valence-electron chi connectivity index (χ3n) is 5.70. The van der Waals surface area contributed by atoms with Gasteiger partial charge in [-0.15, -0.1) is 0 Å². The molecule has 2 fully saturated rings. The monoisotopic (exact) mass is 342 g/mol. The largest absolute Gasteiger partial charge is 0.337 e. The van der Waals surface area contributed by atoms with Crippen LogP contribution in [0.2, 0.25) is 0 Å². The molecule has 25 heavy (non-hydrogen) atoms. The number of piperidine rings is 1. The Morgan fingerprint density at radius 3 is 2.68 bits per heavy atom. The van der Waals surface area contributed by atoms with E-state index in [1.54, 1.807) is 17.1 Å². The molecule has 0 aliphatic carbocycles. The van der Waals surface area contributed by atoms with Gasteiger partial charge in [-0.05, 0) is 55.7 Å². The number of nitrogens with zero attached hydrogens (tertiary/aromatic N) is 4. The molecule has 2 bridgehead atoms. The molecule has 3 heterocycles. The van der Waals surface area contributed by atoms with Crippen LogP contribution in [0.4, 0.5) is 4.39 Å². The lowest BCUT2D eigenvalue weighted by Gasteiger charge is -2.39. The molecule has 3 atom stereocenters. The van der Waals surface area contributed by atoms with Gasteiger partial charge in [0.25, 0.3) is 0 Å². The summed E-state index contributed by atoms with van der Waals surface area (Å²) in [4.78, 5) is 18.7. The highest BCUT2D eigenvalue weighted by Gasteiger charge is 2.43. The number of halogens is 1. The number of amides is 1. The molecule has 1 amide bonds. The van der Waals surface area contributed by atoms with Gasteiger partial charge >= 0.3 is 0 Å². The van der Waals surface area contributed by atoms with Gasteiger partial charge in [-0.3, -0.25) is 9.48 Å². The van der Waals surface area contributed by atoms with Crippen molar-refractivity contribution < 1.29 is 9.18 Å². The third kappa shape index (κ3) is 3.17. The van der Waals surface area contributed by atoms with Gasteiger partial charge in [-0.25, -0.2) is 9.37 Å². The molecule has 0 radical (unpaired) electrons. The number of carbonyl (C=O) groups excluding carboxylic acids is 1. The van der Waals surface area contributed by atoms with Crippen LogP contribution in [0.1, 0.15) is 49.1 Å². The fraction of sp³-hybridized carbons (Fsp3) is 0.526. The molecular formula is C19H23FN4O. The number of hydrogen-bond donors (Lipinski definition) is 0. The number of aromatic nitrogens is 3. The summed E-state index contributed by atoms with van der Waals surface area (Å²) >= 11 is 0. The summed E-state index contributed by atoms with van der Waals surface area (Å²) in [6, 6.07) is 6.09. The topological polar surface area (TPSA) is 51.0 Å². The van der Waals surface area contributed by atoms with Crippen molar-refractivity contribution in [1.82, 2.24) is 19.7 Å². The average Bonchev–Trinajstić information content (AvgIpc) is 3.21. The summed E-state index contributed by atoms with van der Waals surface area (Å²) in [6.45, 7) is 2.39. The third-order valence-corrected chi connectivity index (χ3v) is 5.70. The Morgan fingerprint density at radius 2 is 2.04 bits per heavy atom. The predicted octanol–water partition coefficient (Wildman–Crippen LogP) is 3.05. The zero-order valence-corrected chi connectivity index (χ0v) is 14.4. The van der Waals surface area contributed by atoms with Gasteiger partial charge in [-0.1, -0.05) is 12.1 Å². The van der Waals surface area contributed by atoms with E-state index in [2.05, 4.69) is 15.0 Å². The van der Waals surface area contributed by atoms with Crippen molar-refractivity contribution in [2.24, 2.45) is 0 Å². The van der Waals surface area contributed by atoms with E-state index in [1.165, 1.54) is 11.9 Å². The lowest BCUT2D eigenvalue weighted by atomic mass is 9.84. The van der Waals surface area contributed by atoms with Crippen LogP contribution in [0.25, 0.3) is 0 Å². The molecule has 2 aromatic rings. The predicted molar refractivity (Wildman–Crippen MR) is 91.4 cm³/mol. The Balaban J connectivity index is 1.42. The molecule has 1 aromatic carbocycles. The maximum absolute atomic E-state index is 13.5. The zero-order valence-electron chi connectivity index (χ0n) is 14.4. The van der Waals surface area contributed by atoms with Crippen LogP contribution >= 0.6 is 0 Å². The first-order valence-electron chi connectivity index (χ1n) is 9.01. The van der Waals surface area contributed by atoms with Crippen LogP contribution in [-0.2, 0) is 11.3 Å². The summed E-state index contributed by atoms with van der Waals surface area (Å²) in [5.41, 5.74) is 1.92. The highest BCUT2D eigenvalue weighted by atomic mass is 19.1. The van der Waals surface area contributed by atoms with Crippen molar-refractivity contribution >= 4 is 5.91 Å². The first-order chi connectivity index (χ1) is 12.1. The summed E-state index contributed by atoms with van der Waals surface area (Å²) in [7, 11) is 0. The molecule has 5 nitrogen and oxygen atoms in total. The van der Waals surface area contributed by atoms with Crippen LogP contribution in [0, 0.1) is 12.7 Å². The second-order valence-corrected chi connectivity index (χ2v) is 7.27. The van der Waals surface area contributed by atoms with Gasteiger partial charge in [0.15, 0.2) is 0 Å². The van der Waals surface area contributed by atoms with Crippen molar-refractivity contribution in [3.05, 3.63) is 47.8 Å². The van der Waals surface area contributed by atoms with E-state index in [0.29, 0.717) is 36.5 Å². The van der Waals surface area contributed by atoms with E-state index in [-0.39, 0.29) is 11.7 Å². The smallest absolute Gasteiger partial charge is 0.224 e. The van der Waals surface area contributed by atoms with Gasteiger partial charge < -0.3 is 4.90 Å². The van der Waals surface area contributed by atoms with Crippen LogP contribution in [-0.4, -0.2) is 37.7 Å². The summed E-state index contributed by atoms with van der Waals surface area (Å²) < 4.78 is 15.2. The molecule has 132 valence electrons. The van der Waals surface area contributed by atoms with Gasteiger partial charge in [0.2, 0.25) is 5.91 Å². The molecule has 4 rings (SSSR count). The number of rotatable bonds is 4. The van der Waals surface area contributed by atoms with Crippen LogP contribution in [0.5, 0.6) is 0 Å². The summed E-state index contributed by atoms with van der Waals surface area (Å²) in [6.07, 6.45) is 7.73. The van der Waals surface area contributed by atoms with Crippen LogP contribution in [0.15, 0.2) is 30.9 Å². The molecule has 6 heteroatoms. The maximum Gasteiger partial charge on any atom is 0.224 e. The lowest BCUT2D eigenvalue weighted by molar-refractivity contribution is -0.136. The highest BCUT2D eigenvalue weighted by molar-refractivity contribution is 5.77. The summed E-state index contributed by atoms with van der Waals surface area (Å²) in [5.74, 6) is 0.500. The Labute approximate surface area is 146 Å². The molecule has 0 N–H and O–H groups in total. The Bertz CT molecular complexity index is 747. The molecular weight excluding hydrogens is 319 g/mol. The van der Waals surface area contributed by atoms with Crippen molar-refractivity contribution in [3.8, 4) is 0 Å². The van der Waals surface area contributed by atoms with E-state index in [9.17, 15) is 9.18 Å². The van der Waals surface area contributed by atoms with Crippen LogP contribution in [0.3, 0.4) is 0 Å². The Kier molecular flexibility index (Phi) is 4.27. The minimum atomic E-state index is -0.146. The number of carbonyl (C=O) groups is 1. The lowest BCUT2D eigenvalue weighted by Crippen LogP contribution is -2.46. The second kappa shape index (κ2) is 6.58. The Morgan fingerprint density at radius 1 is 1.28 bits per heavy atom. The van der Waals surface area contributed by atoms with Crippen LogP contribution < -0.4 is 0 Å². The van der Waals surface area contributed by atoms with Crippen molar-refractivity contribution in [2.45, 2.75) is 63.6 Å². The summed E-state index contributed by atoms with van der Waals surface area (Å²) in [5, 5.41) is 4.06. The van der Waals surface area contributed by atoms with Gasteiger partial charge in [-0.2, -0.15) is 5.10 Å². The van der Waals surface area contributed by atoms with E-state index in [1.807, 2.05) is 19.1 Å². The first kappa shape index (κ1) is 16.2. The molecule has 1 aromatic heterocycles. The highest BCUT2D eigenvalue weighted by Crippen LogP contribution is 2.43. The number of hydrogen-bond acceptors (Lipinski definition) is 3. The SMILES string of the molecule is Cc1cc(C2C[C@H]3CC[C@@H](C2)N3C(=O)CCn2cncn2)ccc1F. The molecule has 0 saturated carbocycles.